The van der Waals surface area contributed by atoms with E-state index in [1.165, 1.54) is 20.7 Å². The van der Waals surface area contributed by atoms with Gasteiger partial charge in [0.25, 0.3) is 0 Å². The predicted molar refractivity (Wildman–Crippen MR) is 228 cm³/mol. The Bertz CT molecular complexity index is 1520. The zero-order valence-corrected chi connectivity index (χ0v) is 39.3. The van der Waals surface area contributed by atoms with Crippen molar-refractivity contribution in [1.29, 1.82) is 0 Å². The van der Waals surface area contributed by atoms with Crippen LogP contribution in [-0.2, 0) is 43.3 Å². The van der Waals surface area contributed by atoms with Crippen LogP contribution in [0.15, 0.2) is 0 Å². The molecule has 4 N–H and O–H groups in total. The minimum absolute atomic E-state index is 0.279. The summed E-state index contributed by atoms with van der Waals surface area (Å²) < 4.78 is 0. The van der Waals surface area contributed by atoms with Gasteiger partial charge in [-0.05, 0) is 0 Å². The zero-order valence-electron chi connectivity index (χ0n) is 38.3. The van der Waals surface area contributed by atoms with Crippen LogP contribution in [0, 0.1) is 0 Å². The lowest BCUT2D eigenvalue weighted by Gasteiger charge is -2.44. The van der Waals surface area contributed by atoms with Crippen LogP contribution in [0.3, 0.4) is 0 Å². The third-order valence-electron chi connectivity index (χ3n) is 10.4. The minimum atomic E-state index is -3.70. The van der Waals surface area contributed by atoms with Crippen LogP contribution in [-0.4, -0.2) is 48.9 Å². The molecule has 0 amide bonds. The Morgan fingerprint density at radius 3 is 0.528 bits per heavy atom. The average Bonchev–Trinajstić information content (AvgIpc) is 3.70. The largest absolute Gasteiger partial charge is 0.282 e. The Kier molecular flexibility index (Phi) is 10.1. The molecule has 4 aromatic heterocycles. The summed E-state index contributed by atoms with van der Waals surface area (Å²) in [5.74, 6) is 0. The first kappa shape index (κ1) is 42.8. The quantitative estimate of drug-likeness (QED) is 0.157. The molecule has 0 unspecified atom stereocenters. The molecule has 0 spiro atoms. The summed E-state index contributed by atoms with van der Waals surface area (Å²) in [6.07, 6.45) is 0. The highest BCUT2D eigenvalue weighted by Crippen LogP contribution is 2.39. The summed E-state index contributed by atoms with van der Waals surface area (Å²) in [5, 5.41) is 41.9. The smallest absolute Gasteiger partial charge is 0.196 e. The summed E-state index contributed by atoms with van der Waals surface area (Å²) in [7, 11) is -3.70. The van der Waals surface area contributed by atoms with E-state index in [2.05, 4.69) is 187 Å². The number of H-pyrrole nitrogens is 4. The molecule has 0 aliphatic carbocycles. The molecule has 9 heteroatoms. The summed E-state index contributed by atoms with van der Waals surface area (Å²) in [5.41, 5.74) is 6.70. The number of hydrogen-bond donors (Lipinski definition) is 4. The van der Waals surface area contributed by atoms with E-state index >= 15 is 0 Å². The van der Waals surface area contributed by atoms with Crippen molar-refractivity contribution in [1.82, 2.24) is 40.8 Å². The van der Waals surface area contributed by atoms with Crippen molar-refractivity contribution in [3.05, 3.63) is 45.6 Å². The molecular weight excluding hydrogens is 669 g/mol. The van der Waals surface area contributed by atoms with E-state index in [-0.39, 0.29) is 43.3 Å². The highest BCUT2D eigenvalue weighted by atomic mass is 28.3. The van der Waals surface area contributed by atoms with Gasteiger partial charge in [-0.15, -0.1) is 0 Å². The fourth-order valence-corrected chi connectivity index (χ4v) is 15.8. The molecule has 0 radical (unpaired) electrons. The number of aromatic amines is 4. The van der Waals surface area contributed by atoms with Crippen LogP contribution >= 0.6 is 0 Å². The van der Waals surface area contributed by atoms with Crippen LogP contribution in [0.1, 0.15) is 212 Å². The third-order valence-corrected chi connectivity index (χ3v) is 15.4. The van der Waals surface area contributed by atoms with Gasteiger partial charge in [0.15, 0.2) is 8.07 Å². The number of aromatic nitrogens is 8. The maximum atomic E-state index is 5.42. The maximum Gasteiger partial charge on any atom is 0.196 e. The van der Waals surface area contributed by atoms with Crippen molar-refractivity contribution < 1.29 is 0 Å². The molecule has 0 saturated carbocycles. The molecule has 0 aliphatic rings. The Hall–Kier alpha value is -2.94. The van der Waals surface area contributed by atoms with Gasteiger partial charge in [-0.3, -0.25) is 20.4 Å². The van der Waals surface area contributed by atoms with Crippen molar-refractivity contribution in [2.75, 3.05) is 0 Å². The Balaban J connectivity index is 2.79. The van der Waals surface area contributed by atoms with Gasteiger partial charge in [-0.2, -0.15) is 20.4 Å². The Morgan fingerprint density at radius 2 is 0.415 bits per heavy atom. The minimum Gasteiger partial charge on any atom is -0.282 e. The zero-order chi connectivity index (χ0) is 41.1. The molecule has 0 aliphatic heterocycles. The fraction of sp³-hybridized carbons (Fsp3) is 0.727. The average molecular weight is 745 g/mol. The SMILES string of the molecule is CC(C)(C)c1n[nH]c(C(C)(C)C)c1[Si](c1c(C(C)(C)C)n[nH]c1C(C)(C)C)(c1c(C(C)(C)C)n[nH]c1C(C)(C)C)c1c(C(C)(C)C)n[nH]c1C(C)(C)C. The highest BCUT2D eigenvalue weighted by Gasteiger charge is 2.60. The summed E-state index contributed by atoms with van der Waals surface area (Å²) in [4.78, 5) is 0. The second-order valence-electron chi connectivity index (χ2n) is 24.0. The van der Waals surface area contributed by atoms with Gasteiger partial charge in [-0.25, -0.2) is 0 Å². The molecule has 4 heterocycles. The van der Waals surface area contributed by atoms with E-state index in [1.807, 2.05) is 0 Å². The lowest BCUT2D eigenvalue weighted by atomic mass is 9.86. The van der Waals surface area contributed by atoms with Gasteiger partial charge in [0.05, 0.1) is 22.8 Å². The summed E-state index contributed by atoms with van der Waals surface area (Å²) in [6, 6.07) is 0. The van der Waals surface area contributed by atoms with E-state index in [4.69, 9.17) is 20.4 Å². The van der Waals surface area contributed by atoms with Gasteiger partial charge in [0, 0.05) is 86.8 Å². The normalized spacial score (nSPS) is 14.8. The molecule has 0 aromatic carbocycles. The van der Waals surface area contributed by atoms with Gasteiger partial charge in [-0.1, -0.05) is 166 Å². The number of hydrogen-bond acceptors (Lipinski definition) is 4. The summed E-state index contributed by atoms with van der Waals surface area (Å²) in [6.45, 7) is 55.8. The van der Waals surface area contributed by atoms with Crippen molar-refractivity contribution in [2.24, 2.45) is 0 Å². The third kappa shape index (κ3) is 7.41. The molecule has 4 rings (SSSR count). The maximum absolute atomic E-state index is 5.42. The molecule has 53 heavy (non-hydrogen) atoms. The molecule has 0 bridgehead atoms. The monoisotopic (exact) mass is 745 g/mol. The van der Waals surface area contributed by atoms with E-state index in [0.29, 0.717) is 0 Å². The number of nitrogens with one attached hydrogen (secondary N) is 4. The van der Waals surface area contributed by atoms with Crippen molar-refractivity contribution >= 4 is 28.8 Å². The molecule has 0 atom stereocenters. The topological polar surface area (TPSA) is 115 Å². The van der Waals surface area contributed by atoms with Crippen molar-refractivity contribution in [3.63, 3.8) is 0 Å². The molecule has 0 fully saturated rings. The van der Waals surface area contributed by atoms with Crippen molar-refractivity contribution in [2.45, 2.75) is 209 Å². The standard InChI is InChI=1S/C44H76N8Si/c1-37(2,3)29-25(30(46-45-29)38(4,5)6)53(26-31(39(7,8)9)47-48-32(26)40(10,11)12,27-33(41(13,14)15)49-50-34(27)42(16,17)18)28-35(43(19,20)21)51-52-36(28)44(22,23)24/h1-24H3,(H,45,46)(H,47,48)(H,49,50)(H,51,52). The van der Waals surface area contributed by atoms with E-state index in [0.717, 1.165) is 45.6 Å². The van der Waals surface area contributed by atoms with Crippen LogP contribution in [0.2, 0.25) is 0 Å². The lowest BCUT2D eigenvalue weighted by molar-refractivity contribution is 0.563. The second kappa shape index (κ2) is 12.5. The Morgan fingerprint density at radius 1 is 0.264 bits per heavy atom. The summed E-state index contributed by atoms with van der Waals surface area (Å²) >= 11 is 0. The van der Waals surface area contributed by atoms with Crippen LogP contribution in [0.25, 0.3) is 0 Å². The van der Waals surface area contributed by atoms with Crippen LogP contribution < -0.4 is 20.7 Å². The molecule has 4 aromatic rings. The molecule has 296 valence electrons. The molecule has 8 nitrogen and oxygen atoms in total. The van der Waals surface area contributed by atoms with Crippen LogP contribution in [0.4, 0.5) is 0 Å². The number of nitrogens with zero attached hydrogens (tertiary/aromatic N) is 4. The Labute approximate surface area is 323 Å². The van der Waals surface area contributed by atoms with Crippen molar-refractivity contribution in [3.8, 4) is 0 Å². The fourth-order valence-electron chi connectivity index (χ4n) is 7.92. The molecule has 0 saturated heterocycles. The highest BCUT2D eigenvalue weighted by molar-refractivity contribution is 7.21. The van der Waals surface area contributed by atoms with Crippen LogP contribution in [0.5, 0.6) is 0 Å². The first-order chi connectivity index (χ1) is 23.4. The molecular formula is C44H76N8Si. The predicted octanol–water partition coefficient (Wildman–Crippen LogP) is 8.34. The van der Waals surface area contributed by atoms with Gasteiger partial charge in [0.2, 0.25) is 0 Å². The van der Waals surface area contributed by atoms with Gasteiger partial charge in [0.1, 0.15) is 0 Å². The van der Waals surface area contributed by atoms with E-state index < -0.39 is 8.07 Å². The number of rotatable bonds is 4. The first-order valence-electron chi connectivity index (χ1n) is 19.8. The van der Waals surface area contributed by atoms with Gasteiger partial charge < -0.3 is 0 Å². The first-order valence-corrected chi connectivity index (χ1v) is 21.8. The van der Waals surface area contributed by atoms with E-state index in [9.17, 15) is 0 Å². The second-order valence-corrected chi connectivity index (χ2v) is 27.5. The lowest BCUT2D eigenvalue weighted by Crippen LogP contribution is -2.81. The van der Waals surface area contributed by atoms with Gasteiger partial charge >= 0.3 is 0 Å². The van der Waals surface area contributed by atoms with E-state index in [1.54, 1.807) is 0 Å².